The fourth-order valence-corrected chi connectivity index (χ4v) is 3.92. The van der Waals surface area contributed by atoms with Crippen molar-refractivity contribution in [1.82, 2.24) is 10.2 Å². The van der Waals surface area contributed by atoms with Crippen molar-refractivity contribution in [3.63, 3.8) is 0 Å². The minimum absolute atomic E-state index is 0.0282. The van der Waals surface area contributed by atoms with Crippen LogP contribution >= 0.6 is 0 Å². The molecular weight excluding hydrogens is 364 g/mol. The third kappa shape index (κ3) is 5.73. The number of hydrogen-bond donors (Lipinski definition) is 1. The molecule has 3 rings (SSSR count). The predicted octanol–water partition coefficient (Wildman–Crippen LogP) is 3.84. The molecule has 29 heavy (non-hydrogen) atoms. The summed E-state index contributed by atoms with van der Waals surface area (Å²) in [5, 5.41) is 3.15. The number of piperidine rings is 1. The molecule has 5 nitrogen and oxygen atoms in total. The number of methoxy groups -OCH3 is 2. The van der Waals surface area contributed by atoms with Gasteiger partial charge in [0.2, 0.25) is 5.91 Å². The second kappa shape index (κ2) is 10.3. The van der Waals surface area contributed by atoms with Gasteiger partial charge in [0, 0.05) is 12.1 Å². The molecular formula is C24H32N2O3. The zero-order valence-corrected chi connectivity index (χ0v) is 17.7. The van der Waals surface area contributed by atoms with Crippen molar-refractivity contribution in [3.05, 3.63) is 59.7 Å². The molecule has 0 saturated carbocycles. The van der Waals surface area contributed by atoms with E-state index in [0.717, 1.165) is 41.6 Å². The quantitative estimate of drug-likeness (QED) is 0.737. The molecule has 1 aliphatic rings. The standard InChI is InChI=1S/C24H32N2O3/c1-18-12-14-26(15-13-18)22(21-6-4-5-7-23(21)29-3)17-25-24(27)16-19-8-10-20(28-2)11-9-19/h4-11,18,22H,12-17H2,1-3H3,(H,25,27). The molecule has 1 amide bonds. The number of para-hydroxylation sites is 1. The Morgan fingerprint density at radius 3 is 2.41 bits per heavy atom. The number of hydrogen-bond acceptors (Lipinski definition) is 4. The van der Waals surface area contributed by atoms with Gasteiger partial charge in [-0.3, -0.25) is 9.69 Å². The molecule has 0 aliphatic carbocycles. The topological polar surface area (TPSA) is 50.8 Å². The van der Waals surface area contributed by atoms with Gasteiger partial charge in [-0.2, -0.15) is 0 Å². The Morgan fingerprint density at radius 1 is 1.07 bits per heavy atom. The summed E-state index contributed by atoms with van der Waals surface area (Å²) in [6.07, 6.45) is 2.73. The number of amides is 1. The van der Waals surface area contributed by atoms with Gasteiger partial charge in [-0.15, -0.1) is 0 Å². The Kier molecular flexibility index (Phi) is 7.53. The lowest BCUT2D eigenvalue weighted by Crippen LogP contribution is -2.42. The summed E-state index contributed by atoms with van der Waals surface area (Å²) in [6, 6.07) is 15.9. The summed E-state index contributed by atoms with van der Waals surface area (Å²) in [5.74, 6) is 2.46. The van der Waals surface area contributed by atoms with Crippen LogP contribution in [0, 0.1) is 5.92 Å². The SMILES string of the molecule is COc1ccc(CC(=O)NCC(c2ccccc2OC)N2CCC(C)CC2)cc1. The Bertz CT molecular complexity index is 783. The molecule has 0 radical (unpaired) electrons. The number of nitrogens with zero attached hydrogens (tertiary/aromatic N) is 1. The van der Waals surface area contributed by atoms with Gasteiger partial charge in [-0.25, -0.2) is 0 Å². The third-order valence-electron chi connectivity index (χ3n) is 5.77. The van der Waals surface area contributed by atoms with Crippen LogP contribution in [0.4, 0.5) is 0 Å². The van der Waals surface area contributed by atoms with Gasteiger partial charge in [0.15, 0.2) is 0 Å². The second-order valence-electron chi connectivity index (χ2n) is 7.81. The maximum Gasteiger partial charge on any atom is 0.224 e. The first-order chi connectivity index (χ1) is 14.1. The minimum atomic E-state index is 0.0282. The lowest BCUT2D eigenvalue weighted by Gasteiger charge is -2.37. The molecule has 1 heterocycles. The predicted molar refractivity (Wildman–Crippen MR) is 115 cm³/mol. The van der Waals surface area contributed by atoms with Crippen LogP contribution in [0.2, 0.25) is 0 Å². The molecule has 1 saturated heterocycles. The van der Waals surface area contributed by atoms with Crippen molar-refractivity contribution in [2.45, 2.75) is 32.2 Å². The molecule has 1 atom stereocenters. The molecule has 0 aromatic heterocycles. The molecule has 1 N–H and O–H groups in total. The number of carbonyl (C=O) groups excluding carboxylic acids is 1. The number of benzene rings is 2. The van der Waals surface area contributed by atoms with Crippen LogP contribution in [0.15, 0.2) is 48.5 Å². The molecule has 5 heteroatoms. The molecule has 1 aliphatic heterocycles. The van der Waals surface area contributed by atoms with Crippen LogP contribution in [-0.4, -0.2) is 44.7 Å². The summed E-state index contributed by atoms with van der Waals surface area (Å²) in [5.41, 5.74) is 2.11. The molecule has 1 fully saturated rings. The number of likely N-dealkylation sites (tertiary alicyclic amines) is 1. The Balaban J connectivity index is 1.68. The number of rotatable bonds is 8. The van der Waals surface area contributed by atoms with E-state index in [4.69, 9.17) is 9.47 Å². The Hall–Kier alpha value is -2.53. The summed E-state index contributed by atoms with van der Waals surface area (Å²) in [4.78, 5) is 15.1. The van der Waals surface area contributed by atoms with Crippen LogP contribution in [0.1, 0.15) is 36.9 Å². The third-order valence-corrected chi connectivity index (χ3v) is 5.77. The number of nitrogens with one attached hydrogen (secondary N) is 1. The van der Waals surface area contributed by atoms with Gasteiger partial charge in [0.1, 0.15) is 11.5 Å². The second-order valence-corrected chi connectivity index (χ2v) is 7.81. The molecule has 0 bridgehead atoms. The van der Waals surface area contributed by atoms with Gasteiger partial charge in [0.05, 0.1) is 26.7 Å². The lowest BCUT2D eigenvalue weighted by molar-refractivity contribution is -0.120. The van der Waals surface area contributed by atoms with Crippen molar-refractivity contribution in [3.8, 4) is 11.5 Å². The minimum Gasteiger partial charge on any atom is -0.497 e. The first-order valence-corrected chi connectivity index (χ1v) is 10.4. The summed E-state index contributed by atoms with van der Waals surface area (Å²) < 4.78 is 10.8. The smallest absolute Gasteiger partial charge is 0.224 e. The van der Waals surface area contributed by atoms with E-state index in [1.807, 2.05) is 42.5 Å². The van der Waals surface area contributed by atoms with E-state index < -0.39 is 0 Å². The van der Waals surface area contributed by atoms with E-state index in [0.29, 0.717) is 13.0 Å². The Labute approximate surface area is 174 Å². The highest BCUT2D eigenvalue weighted by Crippen LogP contribution is 2.32. The monoisotopic (exact) mass is 396 g/mol. The molecule has 2 aromatic carbocycles. The summed E-state index contributed by atoms with van der Waals surface area (Å²) >= 11 is 0. The van der Waals surface area contributed by atoms with Gasteiger partial charge < -0.3 is 14.8 Å². The van der Waals surface area contributed by atoms with Crippen LogP contribution < -0.4 is 14.8 Å². The van der Waals surface area contributed by atoms with Gasteiger partial charge in [-0.05, 0) is 55.6 Å². The largest absolute Gasteiger partial charge is 0.497 e. The van der Waals surface area contributed by atoms with Gasteiger partial charge in [-0.1, -0.05) is 37.3 Å². The Morgan fingerprint density at radius 2 is 1.76 bits per heavy atom. The van der Waals surface area contributed by atoms with E-state index in [-0.39, 0.29) is 11.9 Å². The molecule has 1 unspecified atom stereocenters. The zero-order chi connectivity index (χ0) is 20.6. The van der Waals surface area contributed by atoms with E-state index in [2.05, 4.69) is 23.2 Å². The van der Waals surface area contributed by atoms with Crippen LogP contribution in [0.3, 0.4) is 0 Å². The molecule has 156 valence electrons. The summed E-state index contributed by atoms with van der Waals surface area (Å²) in [6.45, 7) is 4.96. The maximum absolute atomic E-state index is 12.6. The van der Waals surface area contributed by atoms with E-state index in [1.54, 1.807) is 14.2 Å². The van der Waals surface area contributed by atoms with Crippen molar-refractivity contribution >= 4 is 5.91 Å². The van der Waals surface area contributed by atoms with Gasteiger partial charge >= 0.3 is 0 Å². The maximum atomic E-state index is 12.6. The van der Waals surface area contributed by atoms with Crippen LogP contribution in [0.25, 0.3) is 0 Å². The number of ether oxygens (including phenoxy) is 2. The van der Waals surface area contributed by atoms with Crippen LogP contribution in [0.5, 0.6) is 11.5 Å². The van der Waals surface area contributed by atoms with Crippen molar-refractivity contribution < 1.29 is 14.3 Å². The normalized spacial score (nSPS) is 16.2. The fraction of sp³-hybridized carbons (Fsp3) is 0.458. The highest BCUT2D eigenvalue weighted by atomic mass is 16.5. The van der Waals surface area contributed by atoms with E-state index >= 15 is 0 Å². The average Bonchev–Trinajstić information content (AvgIpc) is 2.76. The number of carbonyl (C=O) groups is 1. The lowest BCUT2D eigenvalue weighted by atomic mass is 9.95. The average molecular weight is 397 g/mol. The highest BCUT2D eigenvalue weighted by Gasteiger charge is 2.27. The van der Waals surface area contributed by atoms with Crippen LogP contribution in [-0.2, 0) is 11.2 Å². The first-order valence-electron chi connectivity index (χ1n) is 10.4. The first kappa shape index (κ1) is 21.2. The van der Waals surface area contributed by atoms with Crippen molar-refractivity contribution in [2.24, 2.45) is 5.92 Å². The van der Waals surface area contributed by atoms with Crippen molar-refractivity contribution in [2.75, 3.05) is 33.9 Å². The van der Waals surface area contributed by atoms with Gasteiger partial charge in [0.25, 0.3) is 0 Å². The summed E-state index contributed by atoms with van der Waals surface area (Å²) in [7, 11) is 3.34. The van der Waals surface area contributed by atoms with E-state index in [9.17, 15) is 4.79 Å². The molecule has 2 aromatic rings. The fourth-order valence-electron chi connectivity index (χ4n) is 3.92. The highest BCUT2D eigenvalue weighted by molar-refractivity contribution is 5.78. The van der Waals surface area contributed by atoms with E-state index in [1.165, 1.54) is 12.8 Å². The van der Waals surface area contributed by atoms with Crippen molar-refractivity contribution in [1.29, 1.82) is 0 Å². The zero-order valence-electron chi connectivity index (χ0n) is 17.7. The molecule has 0 spiro atoms.